The Morgan fingerprint density at radius 1 is 1.09 bits per heavy atom. The fourth-order valence-corrected chi connectivity index (χ4v) is 3.26. The first kappa shape index (κ1) is 24.5. The molecule has 33 heavy (non-hydrogen) atoms. The third-order valence-electron chi connectivity index (χ3n) is 4.87. The van der Waals surface area contributed by atoms with E-state index in [2.05, 4.69) is 10.6 Å². The Morgan fingerprint density at radius 2 is 1.73 bits per heavy atom. The maximum atomic E-state index is 12.2. The lowest BCUT2D eigenvalue weighted by atomic mass is 10.2. The molecule has 0 spiro atoms. The number of morpholine rings is 1. The van der Waals surface area contributed by atoms with Gasteiger partial charge in [0.25, 0.3) is 5.91 Å². The monoisotopic (exact) mass is 476 g/mol. The minimum atomic E-state index is -1.11. The summed E-state index contributed by atoms with van der Waals surface area (Å²) in [6.07, 6.45) is -1.08. The van der Waals surface area contributed by atoms with E-state index in [0.29, 0.717) is 34.6 Å². The molecule has 3 rings (SSSR count). The molecule has 0 saturated carbocycles. The number of nitrogens with one attached hydrogen (secondary N) is 2. The van der Waals surface area contributed by atoms with E-state index < -0.39 is 12.1 Å². The largest absolute Gasteiger partial charge is 0.391 e. The maximum absolute atomic E-state index is 12.2. The van der Waals surface area contributed by atoms with Gasteiger partial charge in [-0.3, -0.25) is 14.8 Å². The third kappa shape index (κ3) is 7.43. The van der Waals surface area contributed by atoms with E-state index in [-0.39, 0.29) is 37.8 Å². The zero-order chi connectivity index (χ0) is 23.8. The highest BCUT2D eigenvalue weighted by Gasteiger charge is 2.20. The molecule has 1 aliphatic rings. The summed E-state index contributed by atoms with van der Waals surface area (Å²) < 4.78 is 5.11. The van der Waals surface area contributed by atoms with Crippen LogP contribution in [0.15, 0.2) is 48.5 Å². The maximum Gasteiger partial charge on any atom is 0.345 e. The summed E-state index contributed by atoms with van der Waals surface area (Å²) in [4.78, 5) is 37.7. The predicted octanol–water partition coefficient (Wildman–Crippen LogP) is 2.71. The van der Waals surface area contributed by atoms with Crippen LogP contribution in [0.2, 0.25) is 5.02 Å². The molecule has 11 heteroatoms. The van der Waals surface area contributed by atoms with Crippen LogP contribution in [0.25, 0.3) is 0 Å². The molecule has 0 unspecified atom stereocenters. The first-order valence-corrected chi connectivity index (χ1v) is 10.7. The Kier molecular flexibility index (Phi) is 8.61. The van der Waals surface area contributed by atoms with Crippen molar-refractivity contribution in [2.45, 2.75) is 18.9 Å². The number of urea groups is 1. The number of aliphatic hydroxyl groups excluding tert-OH is 1. The fourth-order valence-electron chi connectivity index (χ4n) is 3.13. The van der Waals surface area contributed by atoms with Gasteiger partial charge in [0.1, 0.15) is 6.61 Å². The molecule has 1 aliphatic heterocycles. The first-order chi connectivity index (χ1) is 15.8. The number of carbonyl (C=O) groups excluding carboxylic acids is 3. The van der Waals surface area contributed by atoms with Gasteiger partial charge in [-0.2, -0.15) is 0 Å². The van der Waals surface area contributed by atoms with Gasteiger partial charge in [0.2, 0.25) is 5.91 Å². The standard InChI is InChI=1S/C22H25ClN4O6/c23-15-1-3-17(4-2-15)25-22(31)27(32)13-19(28)9-10-20(29)24-16-5-7-18(8-6-16)26-11-12-33-14-21(26)30/h1-8,19,28,32H,9-14H2,(H,24,29)(H,25,31)/t19-/m0/s1. The van der Waals surface area contributed by atoms with Crippen molar-refractivity contribution in [2.75, 3.05) is 41.8 Å². The highest BCUT2D eigenvalue weighted by atomic mass is 35.5. The van der Waals surface area contributed by atoms with Crippen molar-refractivity contribution < 1.29 is 29.4 Å². The predicted molar refractivity (Wildman–Crippen MR) is 122 cm³/mol. The number of halogens is 1. The normalized spacial score (nSPS) is 14.5. The summed E-state index contributed by atoms with van der Waals surface area (Å²) >= 11 is 5.78. The molecular weight excluding hydrogens is 452 g/mol. The van der Waals surface area contributed by atoms with E-state index in [1.165, 1.54) is 0 Å². The number of amides is 4. The summed E-state index contributed by atoms with van der Waals surface area (Å²) in [5, 5.41) is 25.9. The lowest BCUT2D eigenvalue weighted by molar-refractivity contribution is -0.125. The third-order valence-corrected chi connectivity index (χ3v) is 5.12. The van der Waals surface area contributed by atoms with Gasteiger partial charge in [-0.25, -0.2) is 9.86 Å². The van der Waals surface area contributed by atoms with Crippen molar-refractivity contribution in [3.8, 4) is 0 Å². The van der Waals surface area contributed by atoms with Crippen molar-refractivity contribution in [3.63, 3.8) is 0 Å². The van der Waals surface area contributed by atoms with Crippen LogP contribution < -0.4 is 15.5 Å². The number of rotatable bonds is 8. The lowest BCUT2D eigenvalue weighted by Gasteiger charge is -2.26. The molecule has 1 fully saturated rings. The molecule has 2 aromatic rings. The van der Waals surface area contributed by atoms with Crippen LogP contribution in [0.1, 0.15) is 12.8 Å². The highest BCUT2D eigenvalue weighted by molar-refractivity contribution is 6.30. The number of benzene rings is 2. The summed E-state index contributed by atoms with van der Waals surface area (Å²) in [7, 11) is 0. The Morgan fingerprint density at radius 3 is 2.39 bits per heavy atom. The second kappa shape index (κ2) is 11.6. The molecule has 4 N–H and O–H groups in total. The summed E-state index contributed by atoms with van der Waals surface area (Å²) in [6, 6.07) is 12.3. The zero-order valence-electron chi connectivity index (χ0n) is 17.7. The molecule has 0 radical (unpaired) electrons. The van der Waals surface area contributed by atoms with Crippen LogP contribution >= 0.6 is 11.6 Å². The van der Waals surface area contributed by atoms with E-state index in [9.17, 15) is 24.7 Å². The number of hydrogen-bond donors (Lipinski definition) is 4. The van der Waals surface area contributed by atoms with Gasteiger partial charge >= 0.3 is 6.03 Å². The van der Waals surface area contributed by atoms with Crippen molar-refractivity contribution in [3.05, 3.63) is 53.6 Å². The van der Waals surface area contributed by atoms with E-state index in [1.807, 2.05) is 0 Å². The molecule has 176 valence electrons. The molecule has 1 saturated heterocycles. The number of hydrogen-bond acceptors (Lipinski definition) is 6. The highest BCUT2D eigenvalue weighted by Crippen LogP contribution is 2.20. The fraction of sp³-hybridized carbons (Fsp3) is 0.318. The molecule has 4 amide bonds. The number of ether oxygens (including phenoxy) is 1. The van der Waals surface area contributed by atoms with Gasteiger partial charge in [-0.15, -0.1) is 0 Å². The first-order valence-electron chi connectivity index (χ1n) is 10.3. The average Bonchev–Trinajstić information content (AvgIpc) is 2.80. The lowest BCUT2D eigenvalue weighted by Crippen LogP contribution is -2.41. The van der Waals surface area contributed by atoms with Gasteiger partial charge in [0, 0.05) is 35.1 Å². The van der Waals surface area contributed by atoms with E-state index in [1.54, 1.807) is 53.4 Å². The van der Waals surface area contributed by atoms with Crippen LogP contribution in [0.4, 0.5) is 21.9 Å². The molecule has 1 atom stereocenters. The van der Waals surface area contributed by atoms with Crippen molar-refractivity contribution >= 4 is 46.5 Å². The Balaban J connectivity index is 1.40. The van der Waals surface area contributed by atoms with Crippen LogP contribution in [-0.2, 0) is 14.3 Å². The molecule has 10 nitrogen and oxygen atoms in total. The molecular formula is C22H25ClN4O6. The van der Waals surface area contributed by atoms with Crippen LogP contribution in [-0.4, -0.2) is 65.6 Å². The van der Waals surface area contributed by atoms with Gasteiger partial charge in [-0.05, 0) is 55.0 Å². The van der Waals surface area contributed by atoms with Crippen molar-refractivity contribution in [1.82, 2.24) is 5.06 Å². The van der Waals surface area contributed by atoms with Crippen LogP contribution in [0.5, 0.6) is 0 Å². The SMILES string of the molecule is O=C(CC[C@H](O)CN(O)C(=O)Nc1ccc(Cl)cc1)Nc1ccc(N2CCOCC2=O)cc1. The smallest absolute Gasteiger partial charge is 0.345 e. The molecule has 2 aromatic carbocycles. The number of anilines is 3. The Labute approximate surface area is 195 Å². The molecule has 0 aliphatic carbocycles. The Bertz CT molecular complexity index is 970. The van der Waals surface area contributed by atoms with E-state index >= 15 is 0 Å². The molecule has 0 aromatic heterocycles. The summed E-state index contributed by atoms with van der Waals surface area (Å²) in [5.74, 6) is -0.453. The minimum Gasteiger partial charge on any atom is -0.391 e. The van der Waals surface area contributed by atoms with Crippen molar-refractivity contribution in [1.29, 1.82) is 0 Å². The molecule has 1 heterocycles. The van der Waals surface area contributed by atoms with E-state index in [0.717, 1.165) is 5.69 Å². The van der Waals surface area contributed by atoms with Crippen molar-refractivity contribution in [2.24, 2.45) is 0 Å². The van der Waals surface area contributed by atoms with Crippen LogP contribution in [0.3, 0.4) is 0 Å². The topological polar surface area (TPSA) is 131 Å². The number of aliphatic hydroxyl groups is 1. The summed E-state index contributed by atoms with van der Waals surface area (Å²) in [6.45, 7) is 0.631. The number of carbonyl (C=O) groups is 3. The minimum absolute atomic E-state index is 0.0164. The zero-order valence-corrected chi connectivity index (χ0v) is 18.5. The van der Waals surface area contributed by atoms with Gasteiger partial charge < -0.3 is 25.4 Å². The quantitative estimate of drug-likeness (QED) is 0.342. The van der Waals surface area contributed by atoms with Gasteiger partial charge in [0.05, 0.1) is 19.3 Å². The Hall–Kier alpha value is -3.18. The molecule has 0 bridgehead atoms. The van der Waals surface area contributed by atoms with Gasteiger partial charge in [0.15, 0.2) is 0 Å². The number of hydroxylamine groups is 2. The van der Waals surface area contributed by atoms with Crippen LogP contribution in [0, 0.1) is 0 Å². The second-order valence-corrected chi connectivity index (χ2v) is 7.84. The number of nitrogens with zero attached hydrogens (tertiary/aromatic N) is 2. The van der Waals surface area contributed by atoms with Gasteiger partial charge in [-0.1, -0.05) is 11.6 Å². The average molecular weight is 477 g/mol. The van der Waals surface area contributed by atoms with E-state index in [4.69, 9.17) is 16.3 Å². The second-order valence-electron chi connectivity index (χ2n) is 7.40. The summed E-state index contributed by atoms with van der Waals surface area (Å²) in [5.41, 5.74) is 1.70.